The standard InChI is InChI=1S/C11H6N2O3/c12-4-6-2-1-3-7-9(6)10(11(15)16)8(5-14)13-7/h1-3,5,13H,(H,15,16). The molecule has 0 atom stereocenters. The van der Waals surface area contributed by atoms with Gasteiger partial charge in [0.1, 0.15) is 0 Å². The molecular weight excluding hydrogens is 208 g/mol. The molecule has 0 radical (unpaired) electrons. The molecule has 0 aliphatic carbocycles. The Morgan fingerprint density at radius 3 is 2.81 bits per heavy atom. The zero-order valence-corrected chi connectivity index (χ0v) is 8.02. The number of aromatic amines is 1. The SMILES string of the molecule is N#Cc1cccc2[nH]c(C=O)c(C(=O)O)c12. The molecular formula is C11H6N2O3. The van der Waals surface area contributed by atoms with E-state index in [2.05, 4.69) is 4.98 Å². The first-order chi connectivity index (χ1) is 7.69. The van der Waals surface area contributed by atoms with Gasteiger partial charge in [0.2, 0.25) is 0 Å². The summed E-state index contributed by atoms with van der Waals surface area (Å²) in [5.41, 5.74) is 0.533. The molecule has 0 unspecified atom stereocenters. The number of aldehydes is 1. The number of hydrogen-bond acceptors (Lipinski definition) is 3. The van der Waals surface area contributed by atoms with Gasteiger partial charge in [-0.2, -0.15) is 5.26 Å². The minimum absolute atomic E-state index is 0.0230. The monoisotopic (exact) mass is 214 g/mol. The number of rotatable bonds is 2. The fraction of sp³-hybridized carbons (Fsp3) is 0. The minimum Gasteiger partial charge on any atom is -0.478 e. The molecule has 5 nitrogen and oxygen atoms in total. The summed E-state index contributed by atoms with van der Waals surface area (Å²) in [7, 11) is 0. The number of fused-ring (bicyclic) bond motifs is 1. The van der Waals surface area contributed by atoms with Crippen molar-refractivity contribution in [2.45, 2.75) is 0 Å². The maximum Gasteiger partial charge on any atom is 0.338 e. The molecule has 0 fully saturated rings. The average molecular weight is 214 g/mol. The van der Waals surface area contributed by atoms with Crippen molar-refractivity contribution >= 4 is 23.2 Å². The van der Waals surface area contributed by atoms with Gasteiger partial charge in [-0.3, -0.25) is 4.79 Å². The van der Waals surface area contributed by atoms with Gasteiger partial charge in [-0.1, -0.05) is 6.07 Å². The molecule has 78 valence electrons. The molecule has 1 aromatic carbocycles. The van der Waals surface area contributed by atoms with Gasteiger partial charge in [0.05, 0.1) is 22.9 Å². The highest BCUT2D eigenvalue weighted by Crippen LogP contribution is 2.24. The molecule has 0 saturated carbocycles. The van der Waals surface area contributed by atoms with Crippen LogP contribution in [0, 0.1) is 11.3 Å². The third-order valence-electron chi connectivity index (χ3n) is 2.31. The first-order valence-electron chi connectivity index (χ1n) is 4.42. The number of nitriles is 1. The number of aromatic carboxylic acids is 1. The molecule has 16 heavy (non-hydrogen) atoms. The van der Waals surface area contributed by atoms with Gasteiger partial charge in [-0.05, 0) is 12.1 Å². The quantitative estimate of drug-likeness (QED) is 0.741. The number of carbonyl (C=O) groups excluding carboxylic acids is 1. The van der Waals surface area contributed by atoms with Crippen molar-refractivity contribution in [1.29, 1.82) is 5.26 Å². The summed E-state index contributed by atoms with van der Waals surface area (Å²) in [5.74, 6) is -1.23. The number of carbonyl (C=O) groups is 2. The lowest BCUT2D eigenvalue weighted by molar-refractivity contribution is 0.0696. The lowest BCUT2D eigenvalue weighted by atomic mass is 10.1. The molecule has 0 bridgehead atoms. The number of benzene rings is 1. The van der Waals surface area contributed by atoms with Crippen LogP contribution >= 0.6 is 0 Å². The summed E-state index contributed by atoms with van der Waals surface area (Å²) >= 11 is 0. The molecule has 2 rings (SSSR count). The van der Waals surface area contributed by atoms with Crippen LogP contribution in [0.15, 0.2) is 18.2 Å². The molecule has 0 spiro atoms. The van der Waals surface area contributed by atoms with Crippen LogP contribution in [0.5, 0.6) is 0 Å². The lowest BCUT2D eigenvalue weighted by Crippen LogP contribution is -2.00. The van der Waals surface area contributed by atoms with Crippen LogP contribution in [0.1, 0.15) is 26.4 Å². The molecule has 5 heteroatoms. The zero-order chi connectivity index (χ0) is 11.7. The Labute approximate surface area is 89.9 Å². The fourth-order valence-corrected chi connectivity index (χ4v) is 1.67. The van der Waals surface area contributed by atoms with Crippen LogP contribution in [0.3, 0.4) is 0 Å². The average Bonchev–Trinajstić information content (AvgIpc) is 2.66. The fourth-order valence-electron chi connectivity index (χ4n) is 1.67. The summed E-state index contributed by atoms with van der Waals surface area (Å²) in [5, 5.41) is 18.2. The molecule has 1 aromatic heterocycles. The summed E-state index contributed by atoms with van der Waals surface area (Å²) in [4.78, 5) is 24.4. The maximum absolute atomic E-state index is 11.0. The summed E-state index contributed by atoms with van der Waals surface area (Å²) in [6, 6.07) is 6.66. The van der Waals surface area contributed by atoms with E-state index in [1.807, 2.05) is 6.07 Å². The second-order valence-electron chi connectivity index (χ2n) is 3.18. The van der Waals surface area contributed by atoms with Crippen molar-refractivity contribution < 1.29 is 14.7 Å². The predicted octanol–water partition coefficient (Wildman–Crippen LogP) is 1.55. The van der Waals surface area contributed by atoms with Crippen molar-refractivity contribution in [3.8, 4) is 6.07 Å². The zero-order valence-electron chi connectivity index (χ0n) is 8.02. The van der Waals surface area contributed by atoms with E-state index in [1.54, 1.807) is 12.1 Å². The highest BCUT2D eigenvalue weighted by Gasteiger charge is 2.19. The Hall–Kier alpha value is -2.61. The molecule has 0 aliphatic rings. The third-order valence-corrected chi connectivity index (χ3v) is 2.31. The number of hydrogen-bond donors (Lipinski definition) is 2. The summed E-state index contributed by atoms with van der Waals surface area (Å²) in [6.07, 6.45) is 0.435. The molecule has 1 heterocycles. The number of nitrogens with zero attached hydrogens (tertiary/aromatic N) is 1. The molecule has 0 saturated heterocycles. The van der Waals surface area contributed by atoms with Crippen molar-refractivity contribution in [2.24, 2.45) is 0 Å². The Kier molecular flexibility index (Phi) is 2.18. The van der Waals surface area contributed by atoms with E-state index in [0.717, 1.165) is 0 Å². The van der Waals surface area contributed by atoms with Gasteiger partial charge < -0.3 is 10.1 Å². The van der Waals surface area contributed by atoms with Crippen LogP contribution in [-0.2, 0) is 0 Å². The second-order valence-corrected chi connectivity index (χ2v) is 3.18. The molecule has 2 N–H and O–H groups in total. The number of H-pyrrole nitrogens is 1. The number of nitrogens with one attached hydrogen (secondary N) is 1. The normalized spacial score (nSPS) is 9.94. The smallest absolute Gasteiger partial charge is 0.338 e. The van der Waals surface area contributed by atoms with Crippen LogP contribution < -0.4 is 0 Å². The van der Waals surface area contributed by atoms with Gasteiger partial charge in [0, 0.05) is 10.9 Å². The predicted molar refractivity (Wildman–Crippen MR) is 55.4 cm³/mol. The largest absolute Gasteiger partial charge is 0.478 e. The summed E-state index contributed by atoms with van der Waals surface area (Å²) in [6.45, 7) is 0. The first-order valence-corrected chi connectivity index (χ1v) is 4.42. The van der Waals surface area contributed by atoms with E-state index in [4.69, 9.17) is 10.4 Å². The highest BCUT2D eigenvalue weighted by molar-refractivity contribution is 6.11. The van der Waals surface area contributed by atoms with Crippen molar-refractivity contribution in [3.63, 3.8) is 0 Å². The van der Waals surface area contributed by atoms with E-state index in [9.17, 15) is 9.59 Å². The Morgan fingerprint density at radius 2 is 2.25 bits per heavy atom. The Morgan fingerprint density at radius 1 is 1.50 bits per heavy atom. The van der Waals surface area contributed by atoms with E-state index in [0.29, 0.717) is 11.8 Å². The number of carboxylic acids is 1. The lowest BCUT2D eigenvalue weighted by Gasteiger charge is -1.95. The van der Waals surface area contributed by atoms with Crippen molar-refractivity contribution in [1.82, 2.24) is 4.98 Å². The van der Waals surface area contributed by atoms with Gasteiger partial charge in [-0.25, -0.2) is 4.79 Å². The topological polar surface area (TPSA) is 94.0 Å². The van der Waals surface area contributed by atoms with Gasteiger partial charge in [0.15, 0.2) is 6.29 Å². The van der Waals surface area contributed by atoms with E-state index >= 15 is 0 Å². The number of aromatic nitrogens is 1. The highest BCUT2D eigenvalue weighted by atomic mass is 16.4. The van der Waals surface area contributed by atoms with E-state index in [-0.39, 0.29) is 22.2 Å². The number of carboxylic acid groups (broad SMARTS) is 1. The minimum atomic E-state index is -1.23. The Bertz CT molecular complexity index is 634. The second kappa shape index (κ2) is 3.51. The van der Waals surface area contributed by atoms with E-state index in [1.165, 1.54) is 6.07 Å². The van der Waals surface area contributed by atoms with Crippen molar-refractivity contribution in [3.05, 3.63) is 35.0 Å². The molecule has 2 aromatic rings. The van der Waals surface area contributed by atoms with Crippen LogP contribution in [0.25, 0.3) is 10.9 Å². The van der Waals surface area contributed by atoms with Gasteiger partial charge >= 0.3 is 5.97 Å². The van der Waals surface area contributed by atoms with E-state index < -0.39 is 5.97 Å². The summed E-state index contributed by atoms with van der Waals surface area (Å²) < 4.78 is 0. The van der Waals surface area contributed by atoms with Gasteiger partial charge in [-0.15, -0.1) is 0 Å². The third kappa shape index (κ3) is 1.25. The molecule has 0 amide bonds. The van der Waals surface area contributed by atoms with Crippen LogP contribution in [-0.4, -0.2) is 22.3 Å². The Balaban J connectivity index is 2.98. The van der Waals surface area contributed by atoms with Crippen LogP contribution in [0.2, 0.25) is 0 Å². The van der Waals surface area contributed by atoms with Crippen LogP contribution in [0.4, 0.5) is 0 Å². The van der Waals surface area contributed by atoms with Gasteiger partial charge in [0.25, 0.3) is 0 Å². The maximum atomic E-state index is 11.0. The molecule has 0 aliphatic heterocycles. The van der Waals surface area contributed by atoms with Crippen molar-refractivity contribution in [2.75, 3.05) is 0 Å². The first kappa shape index (κ1) is 9.93.